The van der Waals surface area contributed by atoms with Crippen molar-refractivity contribution in [2.75, 3.05) is 50.1 Å². The number of ether oxygens (including phenoxy) is 1. The predicted octanol–water partition coefficient (Wildman–Crippen LogP) is 3.91. The Morgan fingerprint density at radius 1 is 1.06 bits per heavy atom. The van der Waals surface area contributed by atoms with Gasteiger partial charge in [0.25, 0.3) is 0 Å². The zero-order valence-electron chi connectivity index (χ0n) is 17.8. The van der Waals surface area contributed by atoms with E-state index >= 15 is 0 Å². The summed E-state index contributed by atoms with van der Waals surface area (Å²) in [5.41, 5.74) is 2.77. The number of benzene rings is 2. The molecule has 0 saturated carbocycles. The minimum atomic E-state index is -0.491. The first-order chi connectivity index (χ1) is 14.6. The summed E-state index contributed by atoms with van der Waals surface area (Å²) in [6.45, 7) is 6.76. The Hall–Kier alpha value is -2.56. The first-order valence-corrected chi connectivity index (χ1v) is 10.1. The highest BCUT2D eigenvalue weighted by atomic mass is 127. The van der Waals surface area contributed by atoms with Crippen LogP contribution in [0, 0.1) is 5.82 Å². The van der Waals surface area contributed by atoms with E-state index in [4.69, 9.17) is 4.99 Å². The third-order valence-corrected chi connectivity index (χ3v) is 4.90. The van der Waals surface area contributed by atoms with Crippen LogP contribution >= 0.6 is 24.0 Å². The quantitative estimate of drug-likeness (QED) is 0.342. The lowest BCUT2D eigenvalue weighted by Gasteiger charge is -2.37. The third-order valence-electron chi connectivity index (χ3n) is 4.90. The number of hydrogen-bond donors (Lipinski definition) is 2. The molecule has 1 aliphatic heterocycles. The van der Waals surface area contributed by atoms with Gasteiger partial charge in [-0.05, 0) is 48.9 Å². The molecule has 31 heavy (non-hydrogen) atoms. The van der Waals surface area contributed by atoms with Crippen LogP contribution in [0.5, 0.6) is 0 Å². The molecule has 168 valence electrons. The molecular formula is C22H29FIN5O2. The summed E-state index contributed by atoms with van der Waals surface area (Å²) in [5.74, 6) is 0.668. The summed E-state index contributed by atoms with van der Waals surface area (Å²) in [6.07, 6.45) is -0.491. The Bertz CT molecular complexity index is 853. The largest absolute Gasteiger partial charge is 0.453 e. The Morgan fingerprint density at radius 3 is 2.29 bits per heavy atom. The molecule has 0 atom stereocenters. The van der Waals surface area contributed by atoms with Crippen LogP contribution < -0.4 is 15.5 Å². The minimum Gasteiger partial charge on any atom is -0.453 e. The highest BCUT2D eigenvalue weighted by Crippen LogP contribution is 2.17. The van der Waals surface area contributed by atoms with Crippen molar-refractivity contribution < 1.29 is 13.9 Å². The van der Waals surface area contributed by atoms with Crippen LogP contribution in [0.1, 0.15) is 12.5 Å². The standard InChI is InChI=1S/C22H28FN5O2.HI/c1-3-24-21(25-16-17-4-8-19(9-5-17)26-22(29)30-2)28-14-12-27(13-15-28)20-10-6-18(23)7-11-20;/h4-11H,3,12-16H2,1-2H3,(H,24,25)(H,26,29);1H. The van der Waals surface area contributed by atoms with Crippen molar-refractivity contribution in [3.8, 4) is 0 Å². The second-order valence-corrected chi connectivity index (χ2v) is 6.93. The molecule has 0 aromatic heterocycles. The average Bonchev–Trinajstić information content (AvgIpc) is 2.78. The minimum absolute atomic E-state index is 0. The summed E-state index contributed by atoms with van der Waals surface area (Å²) >= 11 is 0. The Kier molecular flexibility index (Phi) is 9.83. The number of anilines is 2. The SMILES string of the molecule is CCNC(=NCc1ccc(NC(=O)OC)cc1)N1CCN(c2ccc(F)cc2)CC1.I. The lowest BCUT2D eigenvalue weighted by molar-refractivity contribution is 0.187. The maximum atomic E-state index is 13.2. The van der Waals surface area contributed by atoms with Gasteiger partial charge in [0.2, 0.25) is 0 Å². The van der Waals surface area contributed by atoms with E-state index in [1.807, 2.05) is 36.4 Å². The number of hydrogen-bond acceptors (Lipinski definition) is 4. The van der Waals surface area contributed by atoms with Crippen LogP contribution in [-0.4, -0.2) is 56.8 Å². The van der Waals surface area contributed by atoms with Gasteiger partial charge in [-0.15, -0.1) is 24.0 Å². The van der Waals surface area contributed by atoms with Gasteiger partial charge in [-0.1, -0.05) is 12.1 Å². The van der Waals surface area contributed by atoms with Crippen LogP contribution in [0.3, 0.4) is 0 Å². The summed E-state index contributed by atoms with van der Waals surface area (Å²) in [7, 11) is 1.33. The van der Waals surface area contributed by atoms with Gasteiger partial charge in [-0.3, -0.25) is 5.32 Å². The number of methoxy groups -OCH3 is 1. The first-order valence-electron chi connectivity index (χ1n) is 10.1. The molecule has 1 saturated heterocycles. The Balaban J connectivity index is 0.00000341. The molecule has 2 aromatic carbocycles. The fraction of sp³-hybridized carbons (Fsp3) is 0.364. The third kappa shape index (κ3) is 7.27. The summed E-state index contributed by atoms with van der Waals surface area (Å²) in [5, 5.41) is 6.00. The van der Waals surface area contributed by atoms with Crippen molar-refractivity contribution >= 4 is 47.4 Å². The number of guanidine groups is 1. The number of nitrogens with zero attached hydrogens (tertiary/aromatic N) is 3. The van der Waals surface area contributed by atoms with Crippen LogP contribution in [0.25, 0.3) is 0 Å². The fourth-order valence-electron chi connectivity index (χ4n) is 3.28. The number of carbonyl (C=O) groups is 1. The monoisotopic (exact) mass is 541 g/mol. The number of aliphatic imine (C=N–C) groups is 1. The first kappa shape index (κ1) is 24.7. The molecule has 1 heterocycles. The number of rotatable bonds is 5. The predicted molar refractivity (Wildman–Crippen MR) is 133 cm³/mol. The molecule has 7 nitrogen and oxygen atoms in total. The molecule has 0 spiro atoms. The molecule has 1 fully saturated rings. The molecular weight excluding hydrogens is 512 g/mol. The maximum absolute atomic E-state index is 13.2. The van der Waals surface area contributed by atoms with Gasteiger partial charge < -0.3 is 19.9 Å². The number of nitrogens with one attached hydrogen (secondary N) is 2. The van der Waals surface area contributed by atoms with E-state index in [1.54, 1.807) is 0 Å². The molecule has 2 N–H and O–H groups in total. The highest BCUT2D eigenvalue weighted by Gasteiger charge is 2.19. The van der Waals surface area contributed by atoms with Crippen LogP contribution in [0.4, 0.5) is 20.6 Å². The van der Waals surface area contributed by atoms with Crippen LogP contribution in [-0.2, 0) is 11.3 Å². The molecule has 1 aliphatic rings. The van der Waals surface area contributed by atoms with E-state index in [9.17, 15) is 9.18 Å². The second kappa shape index (κ2) is 12.3. The smallest absolute Gasteiger partial charge is 0.411 e. The van der Waals surface area contributed by atoms with Crippen LogP contribution in [0.15, 0.2) is 53.5 Å². The highest BCUT2D eigenvalue weighted by molar-refractivity contribution is 14.0. The van der Waals surface area contributed by atoms with Gasteiger partial charge in [0, 0.05) is 44.1 Å². The topological polar surface area (TPSA) is 69.2 Å². The summed E-state index contributed by atoms with van der Waals surface area (Å²) < 4.78 is 17.7. The Labute approximate surface area is 199 Å². The fourth-order valence-corrected chi connectivity index (χ4v) is 3.28. The van der Waals surface area contributed by atoms with Crippen molar-refractivity contribution in [3.63, 3.8) is 0 Å². The van der Waals surface area contributed by atoms with Crippen molar-refractivity contribution in [1.82, 2.24) is 10.2 Å². The zero-order valence-corrected chi connectivity index (χ0v) is 20.1. The summed E-state index contributed by atoms with van der Waals surface area (Å²) in [4.78, 5) is 20.5. The normalized spacial score (nSPS) is 14.0. The molecule has 0 unspecified atom stereocenters. The molecule has 1 amide bonds. The summed E-state index contributed by atoms with van der Waals surface area (Å²) in [6, 6.07) is 14.2. The molecule has 0 bridgehead atoms. The van der Waals surface area contributed by atoms with Gasteiger partial charge in [0.05, 0.1) is 13.7 Å². The average molecular weight is 541 g/mol. The number of halogens is 2. The number of amides is 1. The molecule has 9 heteroatoms. The van der Waals surface area contributed by atoms with Crippen LogP contribution in [0.2, 0.25) is 0 Å². The molecule has 3 rings (SSSR count). The molecule has 2 aromatic rings. The van der Waals surface area contributed by atoms with E-state index < -0.39 is 6.09 Å². The van der Waals surface area contributed by atoms with Gasteiger partial charge in [0.1, 0.15) is 5.82 Å². The molecule has 0 aliphatic carbocycles. The second-order valence-electron chi connectivity index (χ2n) is 6.93. The molecule has 0 radical (unpaired) electrons. The Morgan fingerprint density at radius 2 is 1.71 bits per heavy atom. The van der Waals surface area contributed by atoms with Crippen molar-refractivity contribution in [2.45, 2.75) is 13.5 Å². The van der Waals surface area contributed by atoms with E-state index in [2.05, 4.69) is 32.1 Å². The van der Waals surface area contributed by atoms with Gasteiger partial charge in [-0.25, -0.2) is 14.2 Å². The van der Waals surface area contributed by atoms with Crippen molar-refractivity contribution in [3.05, 3.63) is 59.9 Å². The van der Waals surface area contributed by atoms with E-state index in [0.29, 0.717) is 12.2 Å². The van der Waals surface area contributed by atoms with Gasteiger partial charge in [0.15, 0.2) is 5.96 Å². The van der Waals surface area contributed by atoms with E-state index in [-0.39, 0.29) is 29.8 Å². The lowest BCUT2D eigenvalue weighted by Crippen LogP contribution is -2.52. The van der Waals surface area contributed by atoms with Gasteiger partial charge in [-0.2, -0.15) is 0 Å². The zero-order chi connectivity index (χ0) is 21.3. The van der Waals surface area contributed by atoms with Crippen molar-refractivity contribution in [2.24, 2.45) is 4.99 Å². The van der Waals surface area contributed by atoms with Gasteiger partial charge >= 0.3 is 6.09 Å². The maximum Gasteiger partial charge on any atom is 0.411 e. The van der Waals surface area contributed by atoms with E-state index in [1.165, 1.54) is 19.2 Å². The lowest BCUT2D eigenvalue weighted by atomic mass is 10.2. The van der Waals surface area contributed by atoms with E-state index in [0.717, 1.165) is 49.9 Å². The van der Waals surface area contributed by atoms with Crippen molar-refractivity contribution in [1.29, 1.82) is 0 Å². The number of carbonyl (C=O) groups excluding carboxylic acids is 1. The number of piperazine rings is 1.